The molecule has 3 rings (SSSR count). The largest absolute Gasteiger partial charge is 0.341 e. The van der Waals surface area contributed by atoms with Gasteiger partial charge in [0.1, 0.15) is 5.82 Å². The van der Waals surface area contributed by atoms with Gasteiger partial charge in [-0.1, -0.05) is 12.1 Å². The summed E-state index contributed by atoms with van der Waals surface area (Å²) in [6, 6.07) is 8.82. The lowest BCUT2D eigenvalue weighted by Crippen LogP contribution is -2.47. The summed E-state index contributed by atoms with van der Waals surface area (Å²) in [6.07, 6.45) is 1.74. The fourth-order valence-corrected chi connectivity index (χ4v) is 4.12. The minimum absolute atomic E-state index is 0.0247. The van der Waals surface area contributed by atoms with Gasteiger partial charge in [-0.05, 0) is 48.4 Å². The summed E-state index contributed by atoms with van der Waals surface area (Å²) in [5.41, 5.74) is 0.381. The van der Waals surface area contributed by atoms with Crippen molar-refractivity contribution in [3.8, 4) is 0 Å². The van der Waals surface area contributed by atoms with Crippen molar-refractivity contribution in [2.75, 3.05) is 38.5 Å². The van der Waals surface area contributed by atoms with Crippen LogP contribution in [0, 0.1) is 11.7 Å². The van der Waals surface area contributed by atoms with Gasteiger partial charge in [0.05, 0.1) is 11.4 Å². The van der Waals surface area contributed by atoms with E-state index in [9.17, 15) is 18.8 Å². The fourth-order valence-electron chi connectivity index (χ4n) is 3.40. The monoisotopic (exact) mass is 432 g/mol. The average molecular weight is 433 g/mol. The van der Waals surface area contributed by atoms with Crippen LogP contribution in [0.2, 0.25) is 0 Å². The van der Waals surface area contributed by atoms with Crippen LogP contribution in [0.4, 0.5) is 14.9 Å². The van der Waals surface area contributed by atoms with Gasteiger partial charge in [0, 0.05) is 32.4 Å². The number of benzene rings is 1. The molecule has 2 heterocycles. The van der Waals surface area contributed by atoms with Crippen molar-refractivity contribution in [2.24, 2.45) is 5.92 Å². The number of thiophene rings is 1. The van der Waals surface area contributed by atoms with E-state index in [1.165, 1.54) is 34.4 Å². The number of rotatable bonds is 6. The zero-order valence-electron chi connectivity index (χ0n) is 16.8. The van der Waals surface area contributed by atoms with Crippen LogP contribution in [-0.4, -0.2) is 60.9 Å². The minimum Gasteiger partial charge on any atom is -0.341 e. The van der Waals surface area contributed by atoms with Crippen molar-refractivity contribution < 1.29 is 18.8 Å². The topological polar surface area (TPSA) is 81.8 Å². The summed E-state index contributed by atoms with van der Waals surface area (Å²) in [4.78, 5) is 40.8. The normalized spacial score (nSPS) is 16.1. The molecule has 2 aromatic rings. The van der Waals surface area contributed by atoms with E-state index < -0.39 is 11.8 Å². The Hall–Kier alpha value is -2.94. The zero-order valence-corrected chi connectivity index (χ0v) is 17.6. The summed E-state index contributed by atoms with van der Waals surface area (Å²) < 4.78 is 13.2. The van der Waals surface area contributed by atoms with Gasteiger partial charge in [-0.15, -0.1) is 11.3 Å². The molecule has 0 aliphatic carbocycles. The Morgan fingerprint density at radius 3 is 2.83 bits per heavy atom. The minimum atomic E-state index is -0.420. The molecule has 1 unspecified atom stereocenters. The molecule has 1 aliphatic heterocycles. The SMILES string of the molecule is CN(CC(=O)N1CCCC(CNC(=O)Nc2cccc(F)c2)C1)C(=O)c1cccs1. The molecule has 30 heavy (non-hydrogen) atoms. The van der Waals surface area contributed by atoms with Gasteiger partial charge in [-0.2, -0.15) is 0 Å². The molecule has 1 aromatic carbocycles. The summed E-state index contributed by atoms with van der Waals surface area (Å²) in [6.45, 7) is 1.61. The predicted octanol–water partition coefficient (Wildman–Crippen LogP) is 3.02. The molecule has 4 amide bonds. The third-order valence-corrected chi connectivity index (χ3v) is 5.81. The lowest BCUT2D eigenvalue weighted by atomic mass is 9.98. The van der Waals surface area contributed by atoms with Crippen molar-refractivity contribution in [3.63, 3.8) is 0 Å². The Bertz CT molecular complexity index is 890. The molecule has 1 atom stereocenters. The van der Waals surface area contributed by atoms with E-state index >= 15 is 0 Å². The van der Waals surface area contributed by atoms with Crippen LogP contribution in [-0.2, 0) is 4.79 Å². The van der Waals surface area contributed by atoms with E-state index in [1.807, 2.05) is 5.38 Å². The number of urea groups is 1. The van der Waals surface area contributed by atoms with Crippen LogP contribution < -0.4 is 10.6 Å². The Morgan fingerprint density at radius 2 is 2.10 bits per heavy atom. The van der Waals surface area contributed by atoms with E-state index in [0.717, 1.165) is 12.8 Å². The first-order valence-electron chi connectivity index (χ1n) is 9.79. The quantitative estimate of drug-likeness (QED) is 0.736. The number of hydrogen-bond acceptors (Lipinski definition) is 4. The highest BCUT2D eigenvalue weighted by Crippen LogP contribution is 2.17. The first-order chi connectivity index (χ1) is 14.4. The summed E-state index contributed by atoms with van der Waals surface area (Å²) in [7, 11) is 1.62. The number of likely N-dealkylation sites (tertiary alicyclic amines) is 1. The summed E-state index contributed by atoms with van der Waals surface area (Å²) in [5.74, 6) is -0.560. The van der Waals surface area contributed by atoms with Gasteiger partial charge in [0.25, 0.3) is 5.91 Å². The molecule has 0 bridgehead atoms. The molecule has 1 aromatic heterocycles. The smallest absolute Gasteiger partial charge is 0.319 e. The second-order valence-corrected chi connectivity index (χ2v) is 8.28. The van der Waals surface area contributed by atoms with Crippen molar-refractivity contribution in [1.82, 2.24) is 15.1 Å². The lowest BCUT2D eigenvalue weighted by molar-refractivity contribution is -0.133. The number of amides is 4. The fraction of sp³-hybridized carbons (Fsp3) is 0.381. The molecule has 1 aliphatic rings. The Morgan fingerprint density at radius 1 is 1.27 bits per heavy atom. The maximum Gasteiger partial charge on any atom is 0.319 e. The highest BCUT2D eigenvalue weighted by atomic mass is 32.1. The molecule has 2 N–H and O–H groups in total. The van der Waals surface area contributed by atoms with E-state index in [-0.39, 0.29) is 24.3 Å². The highest BCUT2D eigenvalue weighted by molar-refractivity contribution is 7.12. The first kappa shape index (κ1) is 21.8. The molecule has 9 heteroatoms. The van der Waals surface area contributed by atoms with E-state index in [0.29, 0.717) is 30.2 Å². The Kier molecular flexibility index (Phi) is 7.40. The van der Waals surface area contributed by atoms with Crippen molar-refractivity contribution in [2.45, 2.75) is 12.8 Å². The highest BCUT2D eigenvalue weighted by Gasteiger charge is 2.26. The number of carbonyl (C=O) groups is 3. The van der Waals surface area contributed by atoms with Crippen LogP contribution in [0.3, 0.4) is 0 Å². The van der Waals surface area contributed by atoms with Crippen LogP contribution in [0.1, 0.15) is 22.5 Å². The molecule has 160 valence electrons. The average Bonchev–Trinajstić information content (AvgIpc) is 3.26. The van der Waals surface area contributed by atoms with Crippen LogP contribution in [0.15, 0.2) is 41.8 Å². The molecule has 0 spiro atoms. The first-order valence-corrected chi connectivity index (χ1v) is 10.7. The van der Waals surface area contributed by atoms with Crippen LogP contribution in [0.25, 0.3) is 0 Å². The number of hydrogen-bond donors (Lipinski definition) is 2. The number of anilines is 1. The van der Waals surface area contributed by atoms with Gasteiger partial charge in [-0.3, -0.25) is 9.59 Å². The van der Waals surface area contributed by atoms with E-state index in [4.69, 9.17) is 0 Å². The van der Waals surface area contributed by atoms with Gasteiger partial charge in [0.15, 0.2) is 0 Å². The molecule has 1 fully saturated rings. The second-order valence-electron chi connectivity index (χ2n) is 7.33. The summed E-state index contributed by atoms with van der Waals surface area (Å²) in [5, 5.41) is 7.21. The van der Waals surface area contributed by atoms with Gasteiger partial charge in [-0.25, -0.2) is 9.18 Å². The number of halogens is 1. The number of likely N-dealkylation sites (N-methyl/N-ethyl adjacent to an activating group) is 1. The molecule has 0 saturated carbocycles. The zero-order chi connectivity index (χ0) is 21.5. The van der Waals surface area contributed by atoms with E-state index in [1.54, 1.807) is 30.1 Å². The summed E-state index contributed by atoms with van der Waals surface area (Å²) >= 11 is 1.35. The van der Waals surface area contributed by atoms with Crippen LogP contribution >= 0.6 is 11.3 Å². The van der Waals surface area contributed by atoms with Crippen molar-refractivity contribution >= 4 is 34.9 Å². The van der Waals surface area contributed by atoms with Crippen molar-refractivity contribution in [1.29, 1.82) is 0 Å². The van der Waals surface area contributed by atoms with Crippen LogP contribution in [0.5, 0.6) is 0 Å². The lowest BCUT2D eigenvalue weighted by Gasteiger charge is -2.33. The molecule has 1 saturated heterocycles. The molecular weight excluding hydrogens is 407 g/mol. The van der Waals surface area contributed by atoms with Gasteiger partial charge < -0.3 is 20.4 Å². The van der Waals surface area contributed by atoms with Crippen molar-refractivity contribution in [3.05, 3.63) is 52.5 Å². The number of nitrogens with one attached hydrogen (secondary N) is 2. The number of carbonyl (C=O) groups excluding carboxylic acids is 3. The number of piperidine rings is 1. The molecule has 0 radical (unpaired) electrons. The molecular formula is C21H25FN4O3S. The maximum absolute atomic E-state index is 13.2. The van der Waals surface area contributed by atoms with Gasteiger partial charge >= 0.3 is 6.03 Å². The maximum atomic E-state index is 13.2. The van der Waals surface area contributed by atoms with E-state index in [2.05, 4.69) is 10.6 Å². The second kappa shape index (κ2) is 10.2. The third kappa shape index (κ3) is 6.03. The Balaban J connectivity index is 1.44. The number of nitrogens with zero attached hydrogens (tertiary/aromatic N) is 2. The third-order valence-electron chi connectivity index (χ3n) is 4.96. The Labute approximate surface area is 178 Å². The van der Waals surface area contributed by atoms with Gasteiger partial charge in [0.2, 0.25) is 5.91 Å². The standard InChI is InChI=1S/C21H25FN4O3S/c1-25(20(28)18-8-4-10-30-18)14-19(27)26-9-3-5-15(13-26)12-23-21(29)24-17-7-2-6-16(22)11-17/h2,4,6-8,10-11,15H,3,5,9,12-14H2,1H3,(H2,23,24,29). The predicted molar refractivity (Wildman–Crippen MR) is 114 cm³/mol. The molecule has 7 nitrogen and oxygen atoms in total.